The van der Waals surface area contributed by atoms with Crippen LogP contribution in [0.2, 0.25) is 0 Å². The molecule has 19 heavy (non-hydrogen) atoms. The first-order chi connectivity index (χ1) is 9.22. The Morgan fingerprint density at radius 3 is 2.63 bits per heavy atom. The molecule has 0 fully saturated rings. The second kappa shape index (κ2) is 6.38. The van der Waals surface area contributed by atoms with Crippen molar-refractivity contribution in [2.75, 3.05) is 20.0 Å². The van der Waals surface area contributed by atoms with E-state index in [-0.39, 0.29) is 0 Å². The molecule has 2 N–H and O–H groups in total. The average Bonchev–Trinajstić information content (AvgIpc) is 2.46. The lowest BCUT2D eigenvalue weighted by Gasteiger charge is -2.09. The van der Waals surface area contributed by atoms with Crippen molar-refractivity contribution in [3.8, 4) is 11.5 Å². The molecular weight excluding hydrogens is 258 g/mol. The molecule has 2 aromatic rings. The molecule has 0 heterocycles. The van der Waals surface area contributed by atoms with Gasteiger partial charge in [-0.3, -0.25) is 0 Å². The number of nitrogen functional groups attached to an aromatic ring is 1. The highest BCUT2D eigenvalue weighted by molar-refractivity contribution is 7.98. The Morgan fingerprint density at radius 1 is 1.05 bits per heavy atom. The minimum absolute atomic E-state index is 0.715. The molecule has 0 bridgehead atoms. The molecule has 0 unspecified atom stereocenters. The molecule has 3 nitrogen and oxygen atoms in total. The number of rotatable bonds is 5. The quantitative estimate of drug-likeness (QED) is 0.669. The van der Waals surface area contributed by atoms with Crippen LogP contribution >= 0.6 is 11.8 Å². The molecular formula is C15H17NO2S. The van der Waals surface area contributed by atoms with E-state index in [4.69, 9.17) is 15.2 Å². The fourth-order valence-electron chi connectivity index (χ4n) is 1.73. The summed E-state index contributed by atoms with van der Waals surface area (Å²) in [5.74, 6) is 2.53. The van der Waals surface area contributed by atoms with Gasteiger partial charge in [0.1, 0.15) is 11.5 Å². The molecule has 0 amide bonds. The lowest BCUT2D eigenvalue weighted by Crippen LogP contribution is -1.93. The second-order valence-corrected chi connectivity index (χ2v) is 5.09. The predicted molar refractivity (Wildman–Crippen MR) is 80.0 cm³/mol. The number of hydrogen-bond acceptors (Lipinski definition) is 4. The summed E-state index contributed by atoms with van der Waals surface area (Å²) in [6, 6.07) is 13.8. The van der Waals surface area contributed by atoms with Crippen molar-refractivity contribution in [3.05, 3.63) is 48.0 Å². The standard InChI is InChI=1S/C15H17NO2S/c1-17-13-4-3-5-14(9-13)19-10-11-6-7-12(16)8-15(11)18-2/h3-9H,10,16H2,1-2H3. The highest BCUT2D eigenvalue weighted by Gasteiger charge is 2.05. The zero-order valence-corrected chi connectivity index (χ0v) is 11.9. The lowest BCUT2D eigenvalue weighted by atomic mass is 10.2. The molecule has 100 valence electrons. The SMILES string of the molecule is COc1cccc(SCc2ccc(N)cc2OC)c1. The predicted octanol–water partition coefficient (Wildman–Crippen LogP) is 3.58. The van der Waals surface area contributed by atoms with E-state index in [1.165, 1.54) is 4.90 Å². The first-order valence-electron chi connectivity index (χ1n) is 5.92. The summed E-state index contributed by atoms with van der Waals surface area (Å²) in [7, 11) is 3.33. The number of methoxy groups -OCH3 is 2. The molecule has 2 rings (SSSR count). The maximum atomic E-state index is 5.74. The summed E-state index contributed by atoms with van der Waals surface area (Å²) in [4.78, 5) is 1.17. The third-order valence-corrected chi connectivity index (χ3v) is 3.79. The maximum absolute atomic E-state index is 5.74. The van der Waals surface area contributed by atoms with Gasteiger partial charge in [0.05, 0.1) is 14.2 Å². The number of anilines is 1. The largest absolute Gasteiger partial charge is 0.497 e. The Bertz CT molecular complexity index is 558. The van der Waals surface area contributed by atoms with Gasteiger partial charge in [0.2, 0.25) is 0 Å². The molecule has 0 atom stereocenters. The van der Waals surface area contributed by atoms with E-state index < -0.39 is 0 Å². The molecule has 0 radical (unpaired) electrons. The highest BCUT2D eigenvalue weighted by Crippen LogP contribution is 2.30. The van der Waals surface area contributed by atoms with Crippen LogP contribution in [-0.4, -0.2) is 14.2 Å². The summed E-state index contributed by atoms with van der Waals surface area (Å²) in [5.41, 5.74) is 7.59. The van der Waals surface area contributed by atoms with Gasteiger partial charge in [-0.1, -0.05) is 12.1 Å². The van der Waals surface area contributed by atoms with Crippen molar-refractivity contribution in [2.24, 2.45) is 0 Å². The zero-order valence-electron chi connectivity index (χ0n) is 11.1. The molecule has 0 aromatic heterocycles. The summed E-state index contributed by atoms with van der Waals surface area (Å²) in [6.45, 7) is 0. The number of hydrogen-bond donors (Lipinski definition) is 1. The fourth-order valence-corrected chi connectivity index (χ4v) is 2.67. The van der Waals surface area contributed by atoms with Gasteiger partial charge < -0.3 is 15.2 Å². The van der Waals surface area contributed by atoms with Crippen molar-refractivity contribution in [2.45, 2.75) is 10.6 Å². The molecule has 2 aromatic carbocycles. The topological polar surface area (TPSA) is 44.5 Å². The van der Waals surface area contributed by atoms with Crippen LogP contribution in [0.4, 0.5) is 5.69 Å². The third-order valence-electron chi connectivity index (χ3n) is 2.75. The Balaban J connectivity index is 2.09. The van der Waals surface area contributed by atoms with Crippen LogP contribution in [0, 0.1) is 0 Å². The summed E-state index contributed by atoms with van der Waals surface area (Å²) >= 11 is 1.74. The summed E-state index contributed by atoms with van der Waals surface area (Å²) < 4.78 is 10.6. The lowest BCUT2D eigenvalue weighted by molar-refractivity contribution is 0.411. The van der Waals surface area contributed by atoms with Crippen molar-refractivity contribution in [1.82, 2.24) is 0 Å². The van der Waals surface area contributed by atoms with Gasteiger partial charge in [0.25, 0.3) is 0 Å². The van der Waals surface area contributed by atoms with Crippen LogP contribution in [0.1, 0.15) is 5.56 Å². The Morgan fingerprint density at radius 2 is 1.89 bits per heavy atom. The van der Waals surface area contributed by atoms with Gasteiger partial charge >= 0.3 is 0 Å². The van der Waals surface area contributed by atoms with Gasteiger partial charge in [-0.2, -0.15) is 0 Å². The molecule has 0 spiro atoms. The number of benzene rings is 2. The molecule has 0 aliphatic carbocycles. The minimum Gasteiger partial charge on any atom is -0.497 e. The van der Waals surface area contributed by atoms with E-state index >= 15 is 0 Å². The van der Waals surface area contributed by atoms with Crippen molar-refractivity contribution in [3.63, 3.8) is 0 Å². The Hall–Kier alpha value is -1.81. The number of ether oxygens (including phenoxy) is 2. The van der Waals surface area contributed by atoms with Gasteiger partial charge in [0, 0.05) is 28.0 Å². The zero-order chi connectivity index (χ0) is 13.7. The highest BCUT2D eigenvalue weighted by atomic mass is 32.2. The number of nitrogens with two attached hydrogens (primary N) is 1. The maximum Gasteiger partial charge on any atom is 0.124 e. The van der Waals surface area contributed by atoms with E-state index in [1.807, 2.05) is 36.4 Å². The monoisotopic (exact) mass is 275 g/mol. The Kier molecular flexibility index (Phi) is 4.58. The van der Waals surface area contributed by atoms with Crippen LogP contribution in [0.5, 0.6) is 11.5 Å². The number of thioether (sulfide) groups is 1. The first-order valence-corrected chi connectivity index (χ1v) is 6.90. The molecule has 4 heteroatoms. The molecule has 0 saturated carbocycles. The van der Waals surface area contributed by atoms with Gasteiger partial charge in [-0.05, 0) is 24.3 Å². The average molecular weight is 275 g/mol. The van der Waals surface area contributed by atoms with Crippen LogP contribution in [0.3, 0.4) is 0 Å². The van der Waals surface area contributed by atoms with Crippen molar-refractivity contribution in [1.29, 1.82) is 0 Å². The van der Waals surface area contributed by atoms with E-state index in [9.17, 15) is 0 Å². The van der Waals surface area contributed by atoms with E-state index in [1.54, 1.807) is 26.0 Å². The van der Waals surface area contributed by atoms with Gasteiger partial charge in [-0.25, -0.2) is 0 Å². The fraction of sp³-hybridized carbons (Fsp3) is 0.200. The van der Waals surface area contributed by atoms with Gasteiger partial charge in [0.15, 0.2) is 0 Å². The van der Waals surface area contributed by atoms with Crippen molar-refractivity contribution >= 4 is 17.4 Å². The van der Waals surface area contributed by atoms with Gasteiger partial charge in [-0.15, -0.1) is 11.8 Å². The van der Waals surface area contributed by atoms with E-state index in [2.05, 4.69) is 6.07 Å². The van der Waals surface area contributed by atoms with Crippen LogP contribution in [0.15, 0.2) is 47.4 Å². The van der Waals surface area contributed by atoms with Crippen LogP contribution in [-0.2, 0) is 5.75 Å². The summed E-state index contributed by atoms with van der Waals surface area (Å²) in [5, 5.41) is 0. The molecule has 0 saturated heterocycles. The first kappa shape index (κ1) is 13.6. The van der Waals surface area contributed by atoms with E-state index in [0.29, 0.717) is 5.69 Å². The molecule has 0 aliphatic rings. The minimum atomic E-state index is 0.715. The third kappa shape index (κ3) is 3.58. The second-order valence-electron chi connectivity index (χ2n) is 4.04. The van der Waals surface area contributed by atoms with Crippen molar-refractivity contribution < 1.29 is 9.47 Å². The molecule has 0 aliphatic heterocycles. The smallest absolute Gasteiger partial charge is 0.124 e. The van der Waals surface area contributed by atoms with Crippen LogP contribution in [0.25, 0.3) is 0 Å². The Labute approximate surface area is 117 Å². The van der Waals surface area contributed by atoms with E-state index in [0.717, 1.165) is 22.8 Å². The normalized spacial score (nSPS) is 10.2. The summed E-state index contributed by atoms with van der Waals surface area (Å²) in [6.07, 6.45) is 0. The van der Waals surface area contributed by atoms with Crippen LogP contribution < -0.4 is 15.2 Å².